The van der Waals surface area contributed by atoms with Gasteiger partial charge in [0.15, 0.2) is 0 Å². The van der Waals surface area contributed by atoms with E-state index in [1.807, 2.05) is 0 Å². The summed E-state index contributed by atoms with van der Waals surface area (Å²) >= 11 is 0. The molecule has 0 saturated carbocycles. The van der Waals surface area contributed by atoms with Crippen molar-refractivity contribution in [3.63, 3.8) is 0 Å². The van der Waals surface area contributed by atoms with Crippen molar-refractivity contribution in [1.82, 2.24) is 4.57 Å². The summed E-state index contributed by atoms with van der Waals surface area (Å²) in [6.07, 6.45) is 0. The lowest BCUT2D eigenvalue weighted by atomic mass is 9.70. The first kappa shape index (κ1) is 35.5. The largest absolute Gasteiger partial charge is 0.310 e. The normalized spacial score (nSPS) is 12.9. The van der Waals surface area contributed by atoms with E-state index in [4.69, 9.17) is 0 Å². The van der Waals surface area contributed by atoms with E-state index in [9.17, 15) is 0 Å². The zero-order valence-electron chi connectivity index (χ0n) is 34.5. The molecule has 2 heteroatoms. The Morgan fingerprint density at radius 3 is 1.35 bits per heavy atom. The molecule has 0 atom stereocenters. The fourth-order valence-corrected chi connectivity index (χ4v) is 10.9. The monoisotopic (exact) mass is 800 g/mol. The maximum Gasteiger partial charge on any atom is 0.0726 e. The molecule has 1 aromatic heterocycles. The van der Waals surface area contributed by atoms with Crippen molar-refractivity contribution in [2.45, 2.75) is 5.41 Å². The van der Waals surface area contributed by atoms with Crippen LogP contribution >= 0.6 is 0 Å². The SMILES string of the molecule is c1ccc(-c2ccc(N(c3ccc(-c4ccc5c(c4)c4ccccc4n5-c4ccccc4)cc3)c3ccc4c(c3)C3(c5ccccc5-c5ccccc53)c3ccccc3-4)cc2)cc1. The summed E-state index contributed by atoms with van der Waals surface area (Å²) in [5, 5.41) is 2.50. The minimum Gasteiger partial charge on any atom is -0.310 e. The van der Waals surface area contributed by atoms with Crippen LogP contribution in [-0.2, 0) is 5.41 Å². The van der Waals surface area contributed by atoms with Gasteiger partial charge in [-0.3, -0.25) is 0 Å². The van der Waals surface area contributed by atoms with Crippen LogP contribution in [0.1, 0.15) is 22.3 Å². The van der Waals surface area contributed by atoms with Crippen LogP contribution in [0.2, 0.25) is 0 Å². The average Bonchev–Trinajstić information content (AvgIpc) is 3.96. The minimum absolute atomic E-state index is 0.426. The molecule has 63 heavy (non-hydrogen) atoms. The third-order valence-electron chi connectivity index (χ3n) is 13.6. The van der Waals surface area contributed by atoms with Crippen LogP contribution in [-0.4, -0.2) is 4.57 Å². The molecule has 0 unspecified atom stereocenters. The van der Waals surface area contributed by atoms with Crippen LogP contribution in [0.3, 0.4) is 0 Å². The van der Waals surface area contributed by atoms with Gasteiger partial charge in [0.05, 0.1) is 16.4 Å². The summed E-state index contributed by atoms with van der Waals surface area (Å²) in [6, 6.07) is 89.4. The Kier molecular flexibility index (Phi) is 7.85. The fourth-order valence-electron chi connectivity index (χ4n) is 10.9. The second-order valence-electron chi connectivity index (χ2n) is 16.8. The van der Waals surface area contributed by atoms with Crippen molar-refractivity contribution in [3.8, 4) is 50.2 Å². The Balaban J connectivity index is 0.968. The second kappa shape index (κ2) is 13.9. The summed E-state index contributed by atoms with van der Waals surface area (Å²) in [6.45, 7) is 0. The molecule has 0 fully saturated rings. The summed E-state index contributed by atoms with van der Waals surface area (Å²) in [5.41, 5.74) is 21.9. The molecule has 1 heterocycles. The molecule has 10 aromatic carbocycles. The van der Waals surface area contributed by atoms with Crippen molar-refractivity contribution in [2.75, 3.05) is 4.90 Å². The van der Waals surface area contributed by atoms with Gasteiger partial charge in [0, 0.05) is 33.5 Å². The van der Waals surface area contributed by atoms with E-state index in [1.54, 1.807) is 0 Å². The van der Waals surface area contributed by atoms with Crippen LogP contribution < -0.4 is 4.90 Å². The van der Waals surface area contributed by atoms with Crippen molar-refractivity contribution in [1.29, 1.82) is 0 Å². The standard InChI is InChI=1S/C61H40N2/c1-3-15-41(16-4-1)42-27-32-46(33-28-42)62(47-34-29-43(30-35-47)44-31-38-60-54(39-44)53-22-10-14-26-59(53)63(60)45-17-5-2-6-18-45)48-36-37-52-51-21-9-13-25-57(51)61(58(52)40-48)55-23-11-7-19-49(55)50-20-8-12-24-56(50)61/h1-40H. The second-order valence-corrected chi connectivity index (χ2v) is 16.8. The Morgan fingerprint density at radius 2 is 0.730 bits per heavy atom. The smallest absolute Gasteiger partial charge is 0.0726 e. The van der Waals surface area contributed by atoms with Gasteiger partial charge in [-0.25, -0.2) is 0 Å². The lowest BCUT2D eigenvalue weighted by molar-refractivity contribution is 0.793. The maximum absolute atomic E-state index is 2.48. The van der Waals surface area contributed by atoms with Gasteiger partial charge < -0.3 is 9.47 Å². The number of fused-ring (bicyclic) bond motifs is 13. The van der Waals surface area contributed by atoms with Crippen molar-refractivity contribution in [3.05, 3.63) is 265 Å². The quantitative estimate of drug-likeness (QED) is 0.163. The first-order valence-electron chi connectivity index (χ1n) is 21.8. The summed E-state index contributed by atoms with van der Waals surface area (Å²) in [5.74, 6) is 0. The number of aromatic nitrogens is 1. The topological polar surface area (TPSA) is 8.17 Å². The van der Waals surface area contributed by atoms with Crippen molar-refractivity contribution in [2.24, 2.45) is 0 Å². The fraction of sp³-hybridized carbons (Fsp3) is 0.0164. The van der Waals surface area contributed by atoms with Crippen LogP contribution in [0.4, 0.5) is 17.1 Å². The van der Waals surface area contributed by atoms with E-state index in [-0.39, 0.29) is 0 Å². The Hall–Kier alpha value is -8.20. The Morgan fingerprint density at radius 1 is 0.286 bits per heavy atom. The molecule has 13 rings (SSSR count). The lowest BCUT2D eigenvalue weighted by Gasteiger charge is -2.32. The van der Waals surface area contributed by atoms with Gasteiger partial charge in [-0.05, 0) is 133 Å². The van der Waals surface area contributed by atoms with Gasteiger partial charge in [0.25, 0.3) is 0 Å². The van der Waals surface area contributed by atoms with E-state index in [0.717, 1.165) is 17.1 Å². The predicted molar refractivity (Wildman–Crippen MR) is 263 cm³/mol. The van der Waals surface area contributed by atoms with Gasteiger partial charge >= 0.3 is 0 Å². The highest BCUT2D eigenvalue weighted by atomic mass is 15.1. The maximum atomic E-state index is 2.48. The Bertz CT molecular complexity index is 3480. The molecule has 0 saturated heterocycles. The molecule has 2 nitrogen and oxygen atoms in total. The van der Waals surface area contributed by atoms with Gasteiger partial charge in [-0.1, -0.05) is 176 Å². The number of hydrogen-bond acceptors (Lipinski definition) is 1. The van der Waals surface area contributed by atoms with E-state index < -0.39 is 5.41 Å². The lowest BCUT2D eigenvalue weighted by Crippen LogP contribution is -2.26. The van der Waals surface area contributed by atoms with E-state index in [1.165, 1.54) is 94.3 Å². The highest BCUT2D eigenvalue weighted by molar-refractivity contribution is 6.10. The first-order chi connectivity index (χ1) is 31.3. The van der Waals surface area contributed by atoms with Crippen LogP contribution in [0.15, 0.2) is 243 Å². The number of benzene rings is 10. The highest BCUT2D eigenvalue weighted by Gasteiger charge is 2.51. The molecule has 0 N–H and O–H groups in total. The molecule has 2 aliphatic carbocycles. The van der Waals surface area contributed by atoms with Crippen LogP contribution in [0.25, 0.3) is 72.0 Å². The Labute approximate surface area is 367 Å². The number of hydrogen-bond donors (Lipinski definition) is 0. The van der Waals surface area contributed by atoms with E-state index in [2.05, 4.69) is 252 Å². The van der Waals surface area contributed by atoms with E-state index in [0.29, 0.717) is 0 Å². The zero-order chi connectivity index (χ0) is 41.5. The third-order valence-corrected chi connectivity index (χ3v) is 13.6. The van der Waals surface area contributed by atoms with Gasteiger partial charge in [0.2, 0.25) is 0 Å². The molecule has 294 valence electrons. The van der Waals surface area contributed by atoms with Gasteiger partial charge in [-0.2, -0.15) is 0 Å². The molecular weight excluding hydrogens is 761 g/mol. The highest BCUT2D eigenvalue weighted by Crippen LogP contribution is 2.63. The van der Waals surface area contributed by atoms with E-state index >= 15 is 0 Å². The third kappa shape index (κ3) is 5.25. The summed E-state index contributed by atoms with van der Waals surface area (Å²) in [7, 11) is 0. The molecule has 0 radical (unpaired) electrons. The van der Waals surface area contributed by atoms with Gasteiger partial charge in [0.1, 0.15) is 0 Å². The van der Waals surface area contributed by atoms with Crippen LogP contribution in [0.5, 0.6) is 0 Å². The predicted octanol–water partition coefficient (Wildman–Crippen LogP) is 15.9. The van der Waals surface area contributed by atoms with Crippen LogP contribution in [0, 0.1) is 0 Å². The molecule has 11 aromatic rings. The molecule has 0 aliphatic heterocycles. The average molecular weight is 801 g/mol. The minimum atomic E-state index is -0.426. The first-order valence-corrected chi connectivity index (χ1v) is 21.8. The number of anilines is 3. The van der Waals surface area contributed by atoms with Crippen molar-refractivity contribution < 1.29 is 0 Å². The zero-order valence-corrected chi connectivity index (χ0v) is 34.5. The summed E-state index contributed by atoms with van der Waals surface area (Å²) < 4.78 is 2.38. The number of nitrogens with zero attached hydrogens (tertiary/aromatic N) is 2. The molecule has 1 spiro atoms. The molecular formula is C61H40N2. The number of rotatable bonds is 6. The molecule has 2 aliphatic rings. The summed E-state index contributed by atoms with van der Waals surface area (Å²) in [4.78, 5) is 2.43. The number of para-hydroxylation sites is 2. The molecule has 0 amide bonds. The molecule has 0 bridgehead atoms. The van der Waals surface area contributed by atoms with Crippen molar-refractivity contribution >= 4 is 38.9 Å². The van der Waals surface area contributed by atoms with Gasteiger partial charge in [-0.15, -0.1) is 0 Å².